The molecule has 1 aromatic carbocycles. The number of carbonyl (C=O) groups excluding carboxylic acids is 1. The van der Waals surface area contributed by atoms with Gasteiger partial charge >= 0.3 is 0 Å². The second-order valence-electron chi connectivity index (χ2n) is 7.12. The monoisotopic (exact) mass is 323 g/mol. The van der Waals surface area contributed by atoms with Gasteiger partial charge in [0.1, 0.15) is 0 Å². The number of hydrogen-bond acceptors (Lipinski definition) is 1. The Morgan fingerprint density at radius 2 is 1.92 bits per heavy atom. The van der Waals surface area contributed by atoms with Gasteiger partial charge in [-0.15, -0.1) is 0 Å². The minimum atomic E-state index is 0.115. The second kappa shape index (κ2) is 8.68. The van der Waals surface area contributed by atoms with E-state index in [1.165, 1.54) is 16.7 Å². The van der Waals surface area contributed by atoms with Gasteiger partial charge in [0.2, 0.25) is 0 Å². The first-order chi connectivity index (χ1) is 11.5. The molecule has 24 heavy (non-hydrogen) atoms. The molecule has 0 bridgehead atoms. The van der Waals surface area contributed by atoms with E-state index in [4.69, 9.17) is 0 Å². The summed E-state index contributed by atoms with van der Waals surface area (Å²) in [5.74, 6) is 0.561. The van der Waals surface area contributed by atoms with Gasteiger partial charge in [-0.1, -0.05) is 61.4 Å². The molecular weight excluding hydrogens is 294 g/mol. The second-order valence-corrected chi connectivity index (χ2v) is 7.12. The summed E-state index contributed by atoms with van der Waals surface area (Å²) in [5, 5.41) is 0. The molecule has 0 radical (unpaired) electrons. The Morgan fingerprint density at radius 1 is 1.21 bits per heavy atom. The van der Waals surface area contributed by atoms with E-state index < -0.39 is 0 Å². The van der Waals surface area contributed by atoms with Crippen LogP contribution in [0.1, 0.15) is 49.5 Å². The molecule has 1 aromatic rings. The highest BCUT2D eigenvalue weighted by atomic mass is 16.2. The number of benzene rings is 1. The molecule has 0 aliphatic heterocycles. The normalized spacial score (nSPS) is 14.7. The molecule has 0 fully saturated rings. The molecule has 0 spiro atoms. The lowest BCUT2D eigenvalue weighted by atomic mass is 10.0. The van der Waals surface area contributed by atoms with Crippen LogP contribution in [-0.4, -0.2) is 23.9 Å². The zero-order valence-corrected chi connectivity index (χ0v) is 15.4. The van der Waals surface area contributed by atoms with E-state index in [0.717, 1.165) is 24.9 Å². The molecule has 2 nitrogen and oxygen atoms in total. The van der Waals surface area contributed by atoms with Crippen molar-refractivity contribution in [2.75, 3.05) is 13.1 Å². The summed E-state index contributed by atoms with van der Waals surface area (Å²) in [7, 11) is 0. The fraction of sp³-hybridized carbons (Fsp3) is 0.409. The van der Waals surface area contributed by atoms with E-state index in [-0.39, 0.29) is 5.91 Å². The SMILES string of the molecule is C/C(=C\C1=CCCC=C1)CN(CC(C)C)C(=O)c1ccc(C)cc1. The molecule has 0 N–H and O–H groups in total. The van der Waals surface area contributed by atoms with E-state index in [1.807, 2.05) is 36.1 Å². The minimum Gasteiger partial charge on any atom is -0.334 e. The Balaban J connectivity index is 2.13. The van der Waals surface area contributed by atoms with E-state index in [9.17, 15) is 4.79 Å². The molecule has 1 aliphatic carbocycles. The molecule has 2 rings (SSSR count). The molecule has 0 saturated carbocycles. The number of aryl methyl sites for hydroxylation is 1. The highest BCUT2D eigenvalue weighted by molar-refractivity contribution is 5.94. The summed E-state index contributed by atoms with van der Waals surface area (Å²) in [4.78, 5) is 14.9. The van der Waals surface area contributed by atoms with Crippen molar-refractivity contribution in [2.45, 2.75) is 40.5 Å². The van der Waals surface area contributed by atoms with Crippen molar-refractivity contribution >= 4 is 5.91 Å². The number of rotatable bonds is 6. The van der Waals surface area contributed by atoms with Crippen LogP contribution in [0, 0.1) is 12.8 Å². The maximum absolute atomic E-state index is 12.9. The van der Waals surface area contributed by atoms with Crippen LogP contribution in [0.4, 0.5) is 0 Å². The van der Waals surface area contributed by atoms with E-state index in [2.05, 4.69) is 45.1 Å². The topological polar surface area (TPSA) is 20.3 Å². The van der Waals surface area contributed by atoms with Crippen LogP contribution in [0.15, 0.2) is 59.7 Å². The van der Waals surface area contributed by atoms with Gasteiger partial charge in [0, 0.05) is 18.7 Å². The maximum atomic E-state index is 12.9. The van der Waals surface area contributed by atoms with Crippen molar-refractivity contribution in [3.63, 3.8) is 0 Å². The van der Waals surface area contributed by atoms with Gasteiger partial charge in [0.25, 0.3) is 5.91 Å². The summed E-state index contributed by atoms with van der Waals surface area (Å²) >= 11 is 0. The summed E-state index contributed by atoms with van der Waals surface area (Å²) in [6.45, 7) is 9.90. The van der Waals surface area contributed by atoms with Gasteiger partial charge in [-0.2, -0.15) is 0 Å². The highest BCUT2D eigenvalue weighted by Gasteiger charge is 2.17. The van der Waals surface area contributed by atoms with Crippen molar-refractivity contribution < 1.29 is 4.79 Å². The molecule has 128 valence electrons. The first-order valence-electron chi connectivity index (χ1n) is 8.85. The molecule has 0 atom stereocenters. The quantitative estimate of drug-likeness (QED) is 0.694. The van der Waals surface area contributed by atoms with Crippen molar-refractivity contribution in [3.05, 3.63) is 70.8 Å². The van der Waals surface area contributed by atoms with E-state index in [0.29, 0.717) is 12.5 Å². The largest absolute Gasteiger partial charge is 0.334 e. The summed E-state index contributed by atoms with van der Waals surface area (Å²) in [6, 6.07) is 7.86. The summed E-state index contributed by atoms with van der Waals surface area (Å²) in [5.41, 5.74) is 4.42. The molecule has 0 unspecified atom stereocenters. The minimum absolute atomic E-state index is 0.115. The number of hydrogen-bond donors (Lipinski definition) is 0. The molecule has 0 aromatic heterocycles. The Hall–Kier alpha value is -2.09. The molecule has 1 amide bonds. The third-order valence-corrected chi connectivity index (χ3v) is 4.05. The lowest BCUT2D eigenvalue weighted by Gasteiger charge is -2.25. The average molecular weight is 323 g/mol. The molecule has 1 aliphatic rings. The van der Waals surface area contributed by atoms with E-state index in [1.54, 1.807) is 0 Å². The van der Waals surface area contributed by atoms with E-state index >= 15 is 0 Å². The lowest BCUT2D eigenvalue weighted by molar-refractivity contribution is 0.0751. The zero-order chi connectivity index (χ0) is 17.5. The fourth-order valence-electron chi connectivity index (χ4n) is 2.91. The van der Waals surface area contributed by atoms with Gasteiger partial charge in [-0.05, 0) is 50.3 Å². The molecule has 0 heterocycles. The maximum Gasteiger partial charge on any atom is 0.254 e. The van der Waals surface area contributed by atoms with Crippen LogP contribution >= 0.6 is 0 Å². The first-order valence-corrected chi connectivity index (χ1v) is 8.85. The Kier molecular flexibility index (Phi) is 6.60. The molecule has 0 saturated heterocycles. The van der Waals surface area contributed by atoms with Crippen LogP contribution in [0.25, 0.3) is 0 Å². The third kappa shape index (κ3) is 5.52. The van der Waals surface area contributed by atoms with Crippen LogP contribution in [0.3, 0.4) is 0 Å². The van der Waals surface area contributed by atoms with Gasteiger partial charge in [-0.3, -0.25) is 4.79 Å². The Morgan fingerprint density at radius 3 is 2.50 bits per heavy atom. The third-order valence-electron chi connectivity index (χ3n) is 4.05. The predicted octanol–water partition coefficient (Wildman–Crippen LogP) is 5.32. The van der Waals surface area contributed by atoms with Crippen LogP contribution in [0.5, 0.6) is 0 Å². The first kappa shape index (κ1) is 18.3. The average Bonchev–Trinajstić information content (AvgIpc) is 2.55. The Bertz CT molecular complexity index is 647. The van der Waals surface area contributed by atoms with Crippen LogP contribution < -0.4 is 0 Å². The summed E-state index contributed by atoms with van der Waals surface area (Å²) in [6.07, 6.45) is 11.1. The van der Waals surface area contributed by atoms with Gasteiger partial charge in [0.15, 0.2) is 0 Å². The van der Waals surface area contributed by atoms with Gasteiger partial charge in [-0.25, -0.2) is 0 Å². The zero-order valence-electron chi connectivity index (χ0n) is 15.4. The molecular formula is C22H29NO. The fourth-order valence-corrected chi connectivity index (χ4v) is 2.91. The predicted molar refractivity (Wildman–Crippen MR) is 102 cm³/mol. The van der Waals surface area contributed by atoms with Crippen molar-refractivity contribution in [2.24, 2.45) is 5.92 Å². The van der Waals surface area contributed by atoms with Gasteiger partial charge < -0.3 is 4.90 Å². The van der Waals surface area contributed by atoms with Crippen LogP contribution in [-0.2, 0) is 0 Å². The summed E-state index contributed by atoms with van der Waals surface area (Å²) < 4.78 is 0. The smallest absolute Gasteiger partial charge is 0.254 e. The number of allylic oxidation sites excluding steroid dienone is 5. The number of nitrogens with zero attached hydrogens (tertiary/aromatic N) is 1. The highest BCUT2D eigenvalue weighted by Crippen LogP contribution is 2.15. The molecule has 2 heteroatoms. The van der Waals surface area contributed by atoms with Crippen LogP contribution in [0.2, 0.25) is 0 Å². The standard InChI is InChI=1S/C22H29NO/c1-17(2)15-23(22(24)21-12-10-18(3)11-13-21)16-19(4)14-20-8-6-5-7-9-20/h6,8-14,17H,5,7,15-16H2,1-4H3/b19-14+. The lowest BCUT2D eigenvalue weighted by Crippen LogP contribution is -2.35. The van der Waals surface area contributed by atoms with Crippen molar-refractivity contribution in [1.29, 1.82) is 0 Å². The number of carbonyl (C=O) groups is 1. The van der Waals surface area contributed by atoms with Crippen molar-refractivity contribution in [1.82, 2.24) is 4.90 Å². The van der Waals surface area contributed by atoms with Crippen molar-refractivity contribution in [3.8, 4) is 0 Å². The Labute approximate surface area is 146 Å². The number of amides is 1. The van der Waals surface area contributed by atoms with Gasteiger partial charge in [0.05, 0.1) is 0 Å².